The Morgan fingerprint density at radius 3 is 2.80 bits per heavy atom. The van der Waals surface area contributed by atoms with Gasteiger partial charge in [0.15, 0.2) is 0 Å². The van der Waals surface area contributed by atoms with E-state index in [9.17, 15) is 0 Å². The van der Waals surface area contributed by atoms with Crippen LogP contribution in [0.1, 0.15) is 11.1 Å². The lowest BCUT2D eigenvalue weighted by Crippen LogP contribution is -1.96. The summed E-state index contributed by atoms with van der Waals surface area (Å²) in [6.07, 6.45) is 3.68. The SMILES string of the molecule is Cc1cnn(-c2ccc(CO)cc2Cl)c1. The summed E-state index contributed by atoms with van der Waals surface area (Å²) >= 11 is 6.08. The standard InChI is InChI=1S/C11H11ClN2O/c1-8-5-13-14(6-8)11-3-2-9(7-15)4-10(11)12/h2-6,15H,7H2,1H3. The molecule has 0 unspecified atom stereocenters. The van der Waals surface area contributed by atoms with E-state index in [-0.39, 0.29) is 6.61 Å². The molecule has 1 aromatic carbocycles. The maximum Gasteiger partial charge on any atom is 0.0832 e. The number of hydrogen-bond donors (Lipinski definition) is 1. The van der Waals surface area contributed by atoms with Gasteiger partial charge < -0.3 is 5.11 Å². The van der Waals surface area contributed by atoms with Gasteiger partial charge in [-0.1, -0.05) is 17.7 Å². The Bertz CT molecular complexity index is 479. The topological polar surface area (TPSA) is 38.0 Å². The van der Waals surface area contributed by atoms with E-state index in [0.29, 0.717) is 5.02 Å². The number of benzene rings is 1. The highest BCUT2D eigenvalue weighted by Crippen LogP contribution is 2.21. The molecule has 0 fully saturated rings. The first-order valence-electron chi connectivity index (χ1n) is 4.61. The molecule has 0 bridgehead atoms. The van der Waals surface area contributed by atoms with E-state index in [2.05, 4.69) is 5.10 Å². The Kier molecular flexibility index (Phi) is 2.75. The largest absolute Gasteiger partial charge is 0.392 e. The molecule has 1 heterocycles. The van der Waals surface area contributed by atoms with Gasteiger partial charge >= 0.3 is 0 Å². The van der Waals surface area contributed by atoms with Gasteiger partial charge in [0.05, 0.1) is 23.5 Å². The molecule has 1 N–H and O–H groups in total. The second-order valence-electron chi connectivity index (χ2n) is 3.41. The molecule has 0 aliphatic carbocycles. The van der Waals surface area contributed by atoms with Gasteiger partial charge in [0.1, 0.15) is 0 Å². The van der Waals surface area contributed by atoms with Crippen LogP contribution in [-0.2, 0) is 6.61 Å². The van der Waals surface area contributed by atoms with Gasteiger partial charge in [-0.25, -0.2) is 4.68 Å². The van der Waals surface area contributed by atoms with Gasteiger partial charge in [-0.05, 0) is 30.2 Å². The minimum atomic E-state index is -0.00185. The summed E-state index contributed by atoms with van der Waals surface area (Å²) in [4.78, 5) is 0. The second-order valence-corrected chi connectivity index (χ2v) is 3.81. The van der Waals surface area contributed by atoms with Crippen molar-refractivity contribution in [3.63, 3.8) is 0 Å². The summed E-state index contributed by atoms with van der Waals surface area (Å²) in [7, 11) is 0. The van der Waals surface area contributed by atoms with Crippen LogP contribution in [0.4, 0.5) is 0 Å². The minimum Gasteiger partial charge on any atom is -0.392 e. The molecule has 2 rings (SSSR count). The van der Waals surface area contributed by atoms with Crippen molar-refractivity contribution in [1.29, 1.82) is 0 Å². The average molecular weight is 223 g/mol. The molecule has 0 saturated heterocycles. The fourth-order valence-electron chi connectivity index (χ4n) is 1.38. The molecule has 0 spiro atoms. The highest BCUT2D eigenvalue weighted by Gasteiger charge is 2.04. The summed E-state index contributed by atoms with van der Waals surface area (Å²) in [6, 6.07) is 5.42. The average Bonchev–Trinajstić information content (AvgIpc) is 2.64. The molecule has 3 nitrogen and oxygen atoms in total. The Morgan fingerprint density at radius 1 is 1.47 bits per heavy atom. The Balaban J connectivity index is 2.45. The van der Waals surface area contributed by atoms with Crippen LogP contribution in [0.25, 0.3) is 5.69 Å². The van der Waals surface area contributed by atoms with Crippen molar-refractivity contribution in [2.24, 2.45) is 0 Å². The van der Waals surface area contributed by atoms with Crippen LogP contribution in [0.3, 0.4) is 0 Å². The summed E-state index contributed by atoms with van der Waals surface area (Å²) in [5.41, 5.74) is 2.70. The molecule has 0 aliphatic rings. The molecule has 78 valence electrons. The maximum absolute atomic E-state index is 8.95. The highest BCUT2D eigenvalue weighted by molar-refractivity contribution is 6.32. The predicted molar refractivity (Wildman–Crippen MR) is 59.2 cm³/mol. The smallest absolute Gasteiger partial charge is 0.0832 e. The van der Waals surface area contributed by atoms with E-state index < -0.39 is 0 Å². The van der Waals surface area contributed by atoms with E-state index in [0.717, 1.165) is 16.8 Å². The van der Waals surface area contributed by atoms with Crippen molar-refractivity contribution in [1.82, 2.24) is 9.78 Å². The molecule has 0 saturated carbocycles. The second kappa shape index (κ2) is 4.04. The lowest BCUT2D eigenvalue weighted by Gasteiger charge is -2.05. The van der Waals surface area contributed by atoms with Crippen molar-refractivity contribution < 1.29 is 5.11 Å². The van der Waals surface area contributed by atoms with Crippen LogP contribution in [0.15, 0.2) is 30.6 Å². The van der Waals surface area contributed by atoms with Crippen molar-refractivity contribution >= 4 is 11.6 Å². The number of nitrogens with zero attached hydrogens (tertiary/aromatic N) is 2. The molecule has 4 heteroatoms. The molecule has 2 aromatic rings. The van der Waals surface area contributed by atoms with Gasteiger partial charge in [-0.2, -0.15) is 5.10 Å². The summed E-state index contributed by atoms with van der Waals surface area (Å²) in [5.74, 6) is 0. The normalized spacial score (nSPS) is 10.6. The van der Waals surface area contributed by atoms with Crippen LogP contribution in [-0.4, -0.2) is 14.9 Å². The fourth-order valence-corrected chi connectivity index (χ4v) is 1.67. The first-order valence-corrected chi connectivity index (χ1v) is 4.99. The zero-order valence-corrected chi connectivity index (χ0v) is 9.07. The third-order valence-electron chi connectivity index (χ3n) is 2.15. The van der Waals surface area contributed by atoms with Crippen molar-refractivity contribution in [2.75, 3.05) is 0 Å². The Labute approximate surface area is 92.9 Å². The minimum absolute atomic E-state index is 0.00185. The molecular formula is C11H11ClN2O. The Hall–Kier alpha value is -1.32. The van der Waals surface area contributed by atoms with E-state index in [1.165, 1.54) is 0 Å². The molecule has 0 aliphatic heterocycles. The monoisotopic (exact) mass is 222 g/mol. The van der Waals surface area contributed by atoms with Crippen LogP contribution < -0.4 is 0 Å². The fraction of sp³-hybridized carbons (Fsp3) is 0.182. The lowest BCUT2D eigenvalue weighted by atomic mass is 10.2. The number of aliphatic hydroxyl groups is 1. The third-order valence-corrected chi connectivity index (χ3v) is 2.46. The van der Waals surface area contributed by atoms with Crippen LogP contribution >= 0.6 is 11.6 Å². The van der Waals surface area contributed by atoms with Gasteiger partial charge in [0.2, 0.25) is 0 Å². The zero-order chi connectivity index (χ0) is 10.8. The van der Waals surface area contributed by atoms with Crippen molar-refractivity contribution in [3.8, 4) is 5.69 Å². The summed E-state index contributed by atoms with van der Waals surface area (Å²) < 4.78 is 1.72. The van der Waals surface area contributed by atoms with Gasteiger partial charge in [-0.3, -0.25) is 0 Å². The Morgan fingerprint density at radius 2 is 2.27 bits per heavy atom. The number of hydrogen-bond acceptors (Lipinski definition) is 2. The maximum atomic E-state index is 8.95. The van der Waals surface area contributed by atoms with Crippen LogP contribution in [0.5, 0.6) is 0 Å². The number of aromatic nitrogens is 2. The molecule has 0 atom stereocenters. The van der Waals surface area contributed by atoms with Gasteiger partial charge in [0, 0.05) is 6.20 Å². The van der Waals surface area contributed by atoms with E-state index in [1.54, 1.807) is 16.9 Å². The number of aliphatic hydroxyl groups excluding tert-OH is 1. The molecular weight excluding hydrogens is 212 g/mol. The van der Waals surface area contributed by atoms with E-state index >= 15 is 0 Å². The molecule has 0 radical (unpaired) electrons. The van der Waals surface area contributed by atoms with E-state index in [1.807, 2.05) is 25.3 Å². The number of rotatable bonds is 2. The summed E-state index contributed by atoms with van der Waals surface area (Å²) in [5, 5.41) is 13.7. The zero-order valence-electron chi connectivity index (χ0n) is 8.31. The first-order chi connectivity index (χ1) is 7.20. The number of halogens is 1. The molecule has 0 amide bonds. The predicted octanol–water partition coefficient (Wildman–Crippen LogP) is 2.33. The first kappa shape index (κ1) is 10.2. The number of aryl methyl sites for hydroxylation is 1. The van der Waals surface area contributed by atoms with Gasteiger partial charge in [-0.15, -0.1) is 0 Å². The van der Waals surface area contributed by atoms with Crippen molar-refractivity contribution in [3.05, 3.63) is 46.7 Å². The van der Waals surface area contributed by atoms with E-state index in [4.69, 9.17) is 16.7 Å². The van der Waals surface area contributed by atoms with Crippen LogP contribution in [0.2, 0.25) is 5.02 Å². The third kappa shape index (κ3) is 2.03. The lowest BCUT2D eigenvalue weighted by molar-refractivity contribution is 0.282. The van der Waals surface area contributed by atoms with Crippen LogP contribution in [0, 0.1) is 6.92 Å². The van der Waals surface area contributed by atoms with Gasteiger partial charge in [0.25, 0.3) is 0 Å². The summed E-state index contributed by atoms with van der Waals surface area (Å²) in [6.45, 7) is 1.97. The quantitative estimate of drug-likeness (QED) is 0.847. The molecule has 1 aromatic heterocycles. The molecule has 15 heavy (non-hydrogen) atoms. The highest BCUT2D eigenvalue weighted by atomic mass is 35.5. The van der Waals surface area contributed by atoms with Crippen molar-refractivity contribution in [2.45, 2.75) is 13.5 Å².